The number of allylic oxidation sites excluding steroid dienone is 1. The van der Waals surface area contributed by atoms with Crippen LogP contribution in [0.3, 0.4) is 0 Å². The molecule has 0 bridgehead atoms. The van der Waals surface area contributed by atoms with Gasteiger partial charge in [-0.3, -0.25) is 4.52 Å². The Morgan fingerprint density at radius 3 is 2.78 bits per heavy atom. The summed E-state index contributed by atoms with van der Waals surface area (Å²) in [6.45, 7) is 1.80. The van der Waals surface area contributed by atoms with E-state index >= 15 is 0 Å². The smallest absolute Gasteiger partial charge is 0.293 e. The minimum atomic E-state index is -3.93. The highest BCUT2D eigenvalue weighted by Crippen LogP contribution is 2.56. The molecule has 0 radical (unpaired) electrons. The molecule has 0 aliphatic heterocycles. The highest BCUT2D eigenvalue weighted by Gasteiger charge is 2.13. The SMILES string of the molecule is CC=CCOP(=O)(F)Br. The fourth-order valence-electron chi connectivity index (χ4n) is 0.226. The summed E-state index contributed by atoms with van der Waals surface area (Å²) in [7, 11) is 0. The third-order valence-electron chi connectivity index (χ3n) is 0.557. The van der Waals surface area contributed by atoms with Crippen LogP contribution in [0.5, 0.6) is 0 Å². The van der Waals surface area contributed by atoms with Gasteiger partial charge in [0.15, 0.2) is 0 Å². The molecular weight excluding hydrogens is 210 g/mol. The van der Waals surface area contributed by atoms with Crippen molar-refractivity contribution in [2.45, 2.75) is 6.92 Å². The summed E-state index contributed by atoms with van der Waals surface area (Å²) in [4.78, 5) is 0. The second-order valence-corrected chi connectivity index (χ2v) is 4.91. The van der Waals surface area contributed by atoms with Crippen LogP contribution in [0.15, 0.2) is 12.2 Å². The van der Waals surface area contributed by atoms with E-state index in [-0.39, 0.29) is 6.61 Å². The normalized spacial score (nSPS) is 18.1. The molecule has 0 rings (SSSR count). The predicted molar refractivity (Wildman–Crippen MR) is 38.4 cm³/mol. The van der Waals surface area contributed by atoms with Crippen molar-refractivity contribution in [3.05, 3.63) is 12.2 Å². The molecule has 5 heteroatoms. The van der Waals surface area contributed by atoms with Crippen molar-refractivity contribution in [1.82, 2.24) is 0 Å². The molecule has 0 aliphatic carbocycles. The van der Waals surface area contributed by atoms with Crippen molar-refractivity contribution in [3.8, 4) is 0 Å². The van der Waals surface area contributed by atoms with Gasteiger partial charge in [-0.05, 0) is 6.92 Å². The van der Waals surface area contributed by atoms with Gasteiger partial charge in [-0.15, -0.1) is 4.20 Å². The molecule has 0 heterocycles. The van der Waals surface area contributed by atoms with E-state index in [1.165, 1.54) is 0 Å². The first-order chi connectivity index (χ1) is 4.06. The average molecular weight is 217 g/mol. The van der Waals surface area contributed by atoms with Crippen LogP contribution in [0.1, 0.15) is 6.92 Å². The van der Waals surface area contributed by atoms with E-state index < -0.39 is 6.38 Å². The molecule has 0 aliphatic rings. The van der Waals surface area contributed by atoms with Gasteiger partial charge in [-0.1, -0.05) is 12.2 Å². The predicted octanol–water partition coefficient (Wildman–Crippen LogP) is 3.05. The Morgan fingerprint density at radius 1 is 1.89 bits per heavy atom. The minimum Gasteiger partial charge on any atom is -0.293 e. The Hall–Kier alpha value is 0.340. The molecule has 1 unspecified atom stereocenters. The maximum Gasteiger partial charge on any atom is 0.432 e. The molecule has 54 valence electrons. The summed E-state index contributed by atoms with van der Waals surface area (Å²) >= 11 is 2.24. The van der Waals surface area contributed by atoms with E-state index in [0.717, 1.165) is 0 Å². The van der Waals surface area contributed by atoms with Crippen molar-refractivity contribution in [1.29, 1.82) is 0 Å². The van der Waals surface area contributed by atoms with E-state index in [1.807, 2.05) is 0 Å². The van der Waals surface area contributed by atoms with Crippen molar-refractivity contribution in [2.75, 3.05) is 6.61 Å². The molecule has 0 aromatic rings. The zero-order chi connectivity index (χ0) is 7.33. The lowest BCUT2D eigenvalue weighted by Crippen LogP contribution is -1.78. The lowest BCUT2D eigenvalue weighted by atomic mass is 10.6. The summed E-state index contributed by atoms with van der Waals surface area (Å²) in [5.74, 6) is 0. The summed E-state index contributed by atoms with van der Waals surface area (Å²) in [5.41, 5.74) is 0. The fourth-order valence-corrected chi connectivity index (χ4v) is 0.840. The number of rotatable bonds is 3. The standard InChI is InChI=1S/C4H7BrFO2P/c1-2-3-4-8-9(5,6)7/h2-3H,4H2,1H3. The van der Waals surface area contributed by atoms with Gasteiger partial charge < -0.3 is 0 Å². The van der Waals surface area contributed by atoms with Crippen LogP contribution in [-0.2, 0) is 9.09 Å². The molecule has 0 amide bonds. The van der Waals surface area contributed by atoms with Gasteiger partial charge in [0.2, 0.25) is 0 Å². The number of halogens is 2. The van der Waals surface area contributed by atoms with Gasteiger partial charge in [0.1, 0.15) is 0 Å². The van der Waals surface area contributed by atoms with Gasteiger partial charge in [-0.2, -0.15) is 0 Å². The molecule has 0 saturated carbocycles. The zero-order valence-electron chi connectivity index (χ0n) is 4.88. The third-order valence-corrected chi connectivity index (χ3v) is 1.62. The lowest BCUT2D eigenvalue weighted by molar-refractivity contribution is 0.338. The van der Waals surface area contributed by atoms with E-state index in [2.05, 4.69) is 20.0 Å². The maximum absolute atomic E-state index is 11.9. The maximum atomic E-state index is 11.9. The molecule has 0 aromatic heterocycles. The van der Waals surface area contributed by atoms with Crippen molar-refractivity contribution in [2.24, 2.45) is 0 Å². The summed E-state index contributed by atoms with van der Waals surface area (Å²) in [5, 5.41) is 0. The highest BCUT2D eigenvalue weighted by molar-refractivity contribution is 9.39. The molecule has 2 nitrogen and oxygen atoms in total. The summed E-state index contributed by atoms with van der Waals surface area (Å²) in [6, 6.07) is 0. The second kappa shape index (κ2) is 4.20. The van der Waals surface area contributed by atoms with E-state index in [1.54, 1.807) is 19.1 Å². The topological polar surface area (TPSA) is 26.3 Å². The average Bonchev–Trinajstić information content (AvgIpc) is 1.63. The van der Waals surface area contributed by atoms with Crippen molar-refractivity contribution >= 4 is 21.9 Å². The molecule has 0 spiro atoms. The Balaban J connectivity index is 3.40. The van der Waals surface area contributed by atoms with Crippen molar-refractivity contribution < 1.29 is 13.3 Å². The summed E-state index contributed by atoms with van der Waals surface area (Å²) < 4.78 is 26.2. The molecule has 0 aromatic carbocycles. The first-order valence-electron chi connectivity index (χ1n) is 2.31. The largest absolute Gasteiger partial charge is 0.432 e. The molecule has 0 saturated heterocycles. The first-order valence-corrected chi connectivity index (χ1v) is 5.85. The fraction of sp³-hybridized carbons (Fsp3) is 0.500. The Kier molecular flexibility index (Phi) is 4.36. The van der Waals surface area contributed by atoms with E-state index in [4.69, 9.17) is 0 Å². The highest BCUT2D eigenvalue weighted by atomic mass is 79.9. The van der Waals surface area contributed by atoms with E-state index in [9.17, 15) is 8.76 Å². The van der Waals surface area contributed by atoms with Gasteiger partial charge in [-0.25, -0.2) is 4.57 Å². The lowest BCUT2D eigenvalue weighted by Gasteiger charge is -1.96. The molecule has 0 fully saturated rings. The quantitative estimate of drug-likeness (QED) is 0.536. The monoisotopic (exact) mass is 216 g/mol. The van der Waals surface area contributed by atoms with Crippen LogP contribution < -0.4 is 0 Å². The third kappa shape index (κ3) is 8.34. The van der Waals surface area contributed by atoms with Crippen LogP contribution in [0.2, 0.25) is 0 Å². The van der Waals surface area contributed by atoms with Gasteiger partial charge in [0, 0.05) is 0 Å². The number of hydrogen-bond acceptors (Lipinski definition) is 2. The Morgan fingerprint density at radius 2 is 2.44 bits per heavy atom. The van der Waals surface area contributed by atoms with Crippen molar-refractivity contribution in [3.63, 3.8) is 0 Å². The molecular formula is C4H7BrFO2P. The first kappa shape index (κ1) is 9.34. The van der Waals surface area contributed by atoms with Gasteiger partial charge >= 0.3 is 6.38 Å². The van der Waals surface area contributed by atoms with Crippen LogP contribution in [0.4, 0.5) is 4.20 Å². The number of hydrogen-bond donors (Lipinski definition) is 0. The minimum absolute atomic E-state index is 0.0372. The molecule has 1 atom stereocenters. The Labute approximate surface area is 61.4 Å². The van der Waals surface area contributed by atoms with E-state index in [0.29, 0.717) is 0 Å². The molecule has 9 heavy (non-hydrogen) atoms. The van der Waals surface area contributed by atoms with Crippen LogP contribution >= 0.6 is 21.9 Å². The van der Waals surface area contributed by atoms with Gasteiger partial charge in [0.25, 0.3) is 0 Å². The zero-order valence-corrected chi connectivity index (χ0v) is 7.36. The second-order valence-electron chi connectivity index (χ2n) is 1.28. The van der Waals surface area contributed by atoms with Crippen LogP contribution in [-0.4, -0.2) is 6.61 Å². The van der Waals surface area contributed by atoms with Crippen LogP contribution in [0.25, 0.3) is 0 Å². The molecule has 0 N–H and O–H groups in total. The Bertz CT molecular complexity index is 142. The van der Waals surface area contributed by atoms with Crippen LogP contribution in [0, 0.1) is 0 Å². The van der Waals surface area contributed by atoms with Gasteiger partial charge in [0.05, 0.1) is 22.1 Å². The summed E-state index contributed by atoms with van der Waals surface area (Å²) in [6.07, 6.45) is -0.688.